The smallest absolute Gasteiger partial charge is 0.274 e. The fourth-order valence-electron chi connectivity index (χ4n) is 2.27. The Kier molecular flexibility index (Phi) is 3.51. The van der Waals surface area contributed by atoms with E-state index in [1.54, 1.807) is 12.3 Å². The first kappa shape index (κ1) is 13.2. The van der Waals surface area contributed by atoms with Crippen LogP contribution in [0.25, 0.3) is 11.6 Å². The molecular formula is C13H15N5OS. The van der Waals surface area contributed by atoms with E-state index in [9.17, 15) is 0 Å². The van der Waals surface area contributed by atoms with Crippen LogP contribution in [0.2, 0.25) is 0 Å². The second-order valence-electron chi connectivity index (χ2n) is 4.87. The van der Waals surface area contributed by atoms with Crippen molar-refractivity contribution in [3.05, 3.63) is 23.7 Å². The van der Waals surface area contributed by atoms with Crippen molar-refractivity contribution in [2.45, 2.75) is 6.04 Å². The molecule has 0 aliphatic carbocycles. The number of rotatable bonds is 2. The SMILES string of the molecule is CN1CCSCC1c1noc(-c2cc(C#N)cn2C)n1. The molecule has 1 aliphatic heterocycles. The molecule has 1 unspecified atom stereocenters. The summed E-state index contributed by atoms with van der Waals surface area (Å²) < 4.78 is 7.19. The maximum Gasteiger partial charge on any atom is 0.274 e. The zero-order valence-corrected chi connectivity index (χ0v) is 12.2. The van der Waals surface area contributed by atoms with E-state index in [0.717, 1.165) is 29.6 Å². The van der Waals surface area contributed by atoms with Gasteiger partial charge >= 0.3 is 0 Å². The monoisotopic (exact) mass is 289 g/mol. The van der Waals surface area contributed by atoms with E-state index in [-0.39, 0.29) is 6.04 Å². The summed E-state index contributed by atoms with van der Waals surface area (Å²) in [7, 11) is 3.94. The van der Waals surface area contributed by atoms with Crippen LogP contribution in [0.1, 0.15) is 17.4 Å². The molecule has 2 aromatic heterocycles. The Hall–Kier alpha value is -1.78. The van der Waals surface area contributed by atoms with E-state index < -0.39 is 0 Å². The van der Waals surface area contributed by atoms with Gasteiger partial charge in [0.2, 0.25) is 0 Å². The van der Waals surface area contributed by atoms with Gasteiger partial charge < -0.3 is 9.09 Å². The lowest BCUT2D eigenvalue weighted by Crippen LogP contribution is -2.33. The number of nitrogens with zero attached hydrogens (tertiary/aromatic N) is 5. The third-order valence-corrected chi connectivity index (χ3v) is 4.51. The summed E-state index contributed by atoms with van der Waals surface area (Å²) in [5, 5.41) is 13.0. The van der Waals surface area contributed by atoms with Crippen LogP contribution in [0.3, 0.4) is 0 Å². The molecule has 3 heterocycles. The maximum absolute atomic E-state index is 8.93. The quantitative estimate of drug-likeness (QED) is 0.837. The van der Waals surface area contributed by atoms with E-state index >= 15 is 0 Å². The molecule has 1 fully saturated rings. The molecule has 3 rings (SSSR count). The summed E-state index contributed by atoms with van der Waals surface area (Å²) in [5.74, 6) is 3.30. The van der Waals surface area contributed by atoms with E-state index in [2.05, 4.69) is 28.2 Å². The number of thioether (sulfide) groups is 1. The molecule has 0 amide bonds. The van der Waals surface area contributed by atoms with Crippen molar-refractivity contribution in [2.24, 2.45) is 7.05 Å². The van der Waals surface area contributed by atoms with Crippen LogP contribution in [0.4, 0.5) is 0 Å². The topological polar surface area (TPSA) is 70.9 Å². The van der Waals surface area contributed by atoms with Crippen LogP contribution >= 0.6 is 11.8 Å². The van der Waals surface area contributed by atoms with Gasteiger partial charge in [-0.1, -0.05) is 5.16 Å². The minimum absolute atomic E-state index is 0.196. The number of aryl methyl sites for hydroxylation is 1. The van der Waals surface area contributed by atoms with Crippen molar-refractivity contribution >= 4 is 11.8 Å². The van der Waals surface area contributed by atoms with E-state index in [1.807, 2.05) is 23.4 Å². The van der Waals surface area contributed by atoms with Gasteiger partial charge in [0.15, 0.2) is 5.82 Å². The summed E-state index contributed by atoms with van der Waals surface area (Å²) >= 11 is 1.91. The molecule has 0 N–H and O–H groups in total. The highest BCUT2D eigenvalue weighted by Crippen LogP contribution is 2.28. The Morgan fingerprint density at radius 1 is 1.50 bits per heavy atom. The fraction of sp³-hybridized carbons (Fsp3) is 0.462. The van der Waals surface area contributed by atoms with E-state index in [4.69, 9.17) is 9.78 Å². The second-order valence-corrected chi connectivity index (χ2v) is 6.02. The molecule has 1 atom stereocenters. The molecular weight excluding hydrogens is 274 g/mol. The number of hydrogen-bond acceptors (Lipinski definition) is 6. The lowest BCUT2D eigenvalue weighted by Gasteiger charge is -2.29. The van der Waals surface area contributed by atoms with E-state index in [1.165, 1.54) is 0 Å². The highest BCUT2D eigenvalue weighted by molar-refractivity contribution is 7.99. The van der Waals surface area contributed by atoms with Gasteiger partial charge in [0.05, 0.1) is 11.6 Å². The first-order valence-corrected chi connectivity index (χ1v) is 7.53. The third kappa shape index (κ3) is 2.32. The van der Waals surface area contributed by atoms with Gasteiger partial charge in [0.1, 0.15) is 11.8 Å². The molecule has 2 aromatic rings. The lowest BCUT2D eigenvalue weighted by molar-refractivity contribution is 0.257. The summed E-state index contributed by atoms with van der Waals surface area (Å²) in [6.45, 7) is 1.03. The molecule has 6 nitrogen and oxygen atoms in total. The van der Waals surface area contributed by atoms with Gasteiger partial charge in [0, 0.05) is 31.3 Å². The van der Waals surface area contributed by atoms with Gasteiger partial charge in [-0.15, -0.1) is 0 Å². The van der Waals surface area contributed by atoms with Crippen molar-refractivity contribution in [1.82, 2.24) is 19.6 Å². The highest BCUT2D eigenvalue weighted by atomic mass is 32.2. The second kappa shape index (κ2) is 5.31. The lowest BCUT2D eigenvalue weighted by atomic mass is 10.2. The predicted octanol–water partition coefficient (Wildman–Crippen LogP) is 1.67. The van der Waals surface area contributed by atoms with Crippen LogP contribution < -0.4 is 0 Å². The molecule has 1 saturated heterocycles. The minimum Gasteiger partial charge on any atom is -0.345 e. The fourth-order valence-corrected chi connectivity index (χ4v) is 3.48. The van der Waals surface area contributed by atoms with Crippen LogP contribution in [0, 0.1) is 11.3 Å². The van der Waals surface area contributed by atoms with Crippen LogP contribution in [-0.4, -0.2) is 44.7 Å². The summed E-state index contributed by atoms with van der Waals surface area (Å²) in [6, 6.07) is 4.07. The predicted molar refractivity (Wildman–Crippen MR) is 76.1 cm³/mol. The molecule has 20 heavy (non-hydrogen) atoms. The first-order chi connectivity index (χ1) is 9.69. The van der Waals surface area contributed by atoms with Crippen molar-refractivity contribution < 1.29 is 4.52 Å². The Morgan fingerprint density at radius 3 is 3.05 bits per heavy atom. The average molecular weight is 289 g/mol. The van der Waals surface area contributed by atoms with Crippen molar-refractivity contribution in [3.8, 4) is 17.7 Å². The molecule has 0 spiro atoms. The Labute approximate surface area is 121 Å². The van der Waals surface area contributed by atoms with Crippen LogP contribution in [0.5, 0.6) is 0 Å². The molecule has 1 aliphatic rings. The van der Waals surface area contributed by atoms with Crippen molar-refractivity contribution in [2.75, 3.05) is 25.1 Å². The highest BCUT2D eigenvalue weighted by Gasteiger charge is 2.26. The average Bonchev–Trinajstić information content (AvgIpc) is 3.05. The largest absolute Gasteiger partial charge is 0.345 e. The van der Waals surface area contributed by atoms with Gasteiger partial charge in [0.25, 0.3) is 5.89 Å². The maximum atomic E-state index is 8.93. The van der Waals surface area contributed by atoms with Crippen LogP contribution in [0.15, 0.2) is 16.8 Å². The van der Waals surface area contributed by atoms with Crippen molar-refractivity contribution in [1.29, 1.82) is 5.26 Å². The minimum atomic E-state index is 0.196. The van der Waals surface area contributed by atoms with Gasteiger partial charge in [-0.25, -0.2) is 0 Å². The standard InChI is InChI=1S/C13H15N5OS/c1-17-3-4-20-8-11(17)12-15-13(19-16-12)10-5-9(6-14)7-18(10)2/h5,7,11H,3-4,8H2,1-2H3. The number of aromatic nitrogens is 3. The summed E-state index contributed by atoms with van der Waals surface area (Å²) in [5.41, 5.74) is 1.36. The summed E-state index contributed by atoms with van der Waals surface area (Å²) in [6.07, 6.45) is 1.75. The van der Waals surface area contributed by atoms with Gasteiger partial charge in [-0.2, -0.15) is 22.0 Å². The molecule has 104 valence electrons. The van der Waals surface area contributed by atoms with Crippen molar-refractivity contribution in [3.63, 3.8) is 0 Å². The molecule has 0 bridgehead atoms. The Morgan fingerprint density at radius 2 is 2.35 bits per heavy atom. The number of nitriles is 1. The van der Waals surface area contributed by atoms with Gasteiger partial charge in [-0.3, -0.25) is 4.90 Å². The molecule has 7 heteroatoms. The summed E-state index contributed by atoms with van der Waals surface area (Å²) in [4.78, 5) is 6.75. The Bertz CT molecular complexity index is 656. The molecule has 0 radical (unpaired) electrons. The molecule has 0 saturated carbocycles. The normalized spacial score (nSPS) is 19.9. The zero-order valence-electron chi connectivity index (χ0n) is 11.4. The molecule has 0 aromatic carbocycles. The van der Waals surface area contributed by atoms with E-state index in [0.29, 0.717) is 11.5 Å². The first-order valence-electron chi connectivity index (χ1n) is 6.37. The third-order valence-electron chi connectivity index (χ3n) is 3.49. The van der Waals surface area contributed by atoms with Gasteiger partial charge in [-0.05, 0) is 13.1 Å². The number of hydrogen-bond donors (Lipinski definition) is 0. The Balaban J connectivity index is 1.89. The zero-order chi connectivity index (χ0) is 14.1. The van der Waals surface area contributed by atoms with Crippen LogP contribution in [-0.2, 0) is 7.05 Å².